The number of urea groups is 1. The molecular weight excluding hydrogens is 244 g/mol. The minimum absolute atomic E-state index is 0.190. The van der Waals surface area contributed by atoms with Crippen molar-refractivity contribution in [3.05, 3.63) is 0 Å². The number of amides is 2. The maximum Gasteiger partial charge on any atom is 0.314 e. The lowest BCUT2D eigenvalue weighted by Crippen LogP contribution is -2.42. The molecule has 0 radical (unpaired) electrons. The van der Waals surface area contributed by atoms with E-state index in [1.165, 1.54) is 32.1 Å². The van der Waals surface area contributed by atoms with Crippen LogP contribution in [0.4, 0.5) is 4.79 Å². The zero-order valence-electron chi connectivity index (χ0n) is 12.0. The Balaban J connectivity index is 2.15. The zero-order chi connectivity index (χ0) is 14.3. The molecule has 5 heteroatoms. The number of rotatable bonds is 6. The highest BCUT2D eigenvalue weighted by Crippen LogP contribution is 2.34. The molecule has 0 saturated heterocycles. The van der Waals surface area contributed by atoms with Crippen LogP contribution in [-0.2, 0) is 4.79 Å². The molecular formula is C14H26N2O3. The van der Waals surface area contributed by atoms with E-state index in [1.807, 2.05) is 0 Å². The second-order valence-electron chi connectivity index (χ2n) is 6.01. The van der Waals surface area contributed by atoms with Gasteiger partial charge in [0.25, 0.3) is 0 Å². The van der Waals surface area contributed by atoms with Crippen molar-refractivity contribution in [2.75, 3.05) is 13.1 Å². The topological polar surface area (TPSA) is 78.4 Å². The van der Waals surface area contributed by atoms with E-state index in [2.05, 4.69) is 17.6 Å². The van der Waals surface area contributed by atoms with Crippen LogP contribution in [0, 0.1) is 11.3 Å². The third-order valence-electron chi connectivity index (χ3n) is 4.02. The van der Waals surface area contributed by atoms with Gasteiger partial charge in [-0.25, -0.2) is 4.79 Å². The molecule has 19 heavy (non-hydrogen) atoms. The Morgan fingerprint density at radius 1 is 1.21 bits per heavy atom. The Morgan fingerprint density at radius 3 is 2.42 bits per heavy atom. The fourth-order valence-electron chi connectivity index (χ4n) is 2.46. The van der Waals surface area contributed by atoms with E-state index in [-0.39, 0.29) is 11.4 Å². The van der Waals surface area contributed by atoms with Crippen LogP contribution in [0.1, 0.15) is 52.4 Å². The van der Waals surface area contributed by atoms with E-state index in [9.17, 15) is 9.59 Å². The highest BCUT2D eigenvalue weighted by Gasteiger charge is 2.26. The third-order valence-corrected chi connectivity index (χ3v) is 4.02. The molecule has 0 bridgehead atoms. The van der Waals surface area contributed by atoms with Crippen LogP contribution in [0.5, 0.6) is 0 Å². The molecule has 0 aromatic carbocycles. The molecule has 3 N–H and O–H groups in total. The average Bonchev–Trinajstić information content (AvgIpc) is 2.37. The minimum atomic E-state index is -0.822. The van der Waals surface area contributed by atoms with Crippen molar-refractivity contribution in [3.63, 3.8) is 0 Å². The van der Waals surface area contributed by atoms with Crippen molar-refractivity contribution in [3.8, 4) is 0 Å². The fraction of sp³-hybridized carbons (Fsp3) is 0.857. The van der Waals surface area contributed by atoms with Crippen LogP contribution in [0.3, 0.4) is 0 Å². The number of hydrogen-bond acceptors (Lipinski definition) is 2. The molecule has 1 fully saturated rings. The number of hydrogen-bond donors (Lipinski definition) is 3. The quantitative estimate of drug-likeness (QED) is 0.693. The molecule has 0 spiro atoms. The van der Waals surface area contributed by atoms with Crippen LogP contribution in [0.2, 0.25) is 0 Å². The fourth-order valence-corrected chi connectivity index (χ4v) is 2.46. The summed E-state index contributed by atoms with van der Waals surface area (Å²) in [5.41, 5.74) is 0.226. The Hall–Kier alpha value is -1.26. The number of aliphatic carboxylic acids is 1. The molecule has 0 aromatic rings. The van der Waals surface area contributed by atoms with Gasteiger partial charge in [0, 0.05) is 13.1 Å². The summed E-state index contributed by atoms with van der Waals surface area (Å²) in [6.45, 7) is 4.97. The first-order valence-electron chi connectivity index (χ1n) is 7.17. The largest absolute Gasteiger partial charge is 0.481 e. The van der Waals surface area contributed by atoms with E-state index in [1.54, 1.807) is 6.92 Å². The zero-order valence-corrected chi connectivity index (χ0v) is 12.0. The van der Waals surface area contributed by atoms with E-state index in [4.69, 9.17) is 5.11 Å². The van der Waals surface area contributed by atoms with Crippen LogP contribution in [-0.4, -0.2) is 30.2 Å². The molecule has 110 valence electrons. The molecule has 0 aliphatic heterocycles. The van der Waals surface area contributed by atoms with Gasteiger partial charge >= 0.3 is 12.0 Å². The Labute approximate surface area is 115 Å². The van der Waals surface area contributed by atoms with Crippen molar-refractivity contribution in [2.24, 2.45) is 11.3 Å². The monoisotopic (exact) mass is 270 g/mol. The van der Waals surface area contributed by atoms with Gasteiger partial charge in [-0.1, -0.05) is 33.1 Å². The highest BCUT2D eigenvalue weighted by atomic mass is 16.4. The maximum absolute atomic E-state index is 11.6. The Morgan fingerprint density at radius 2 is 1.84 bits per heavy atom. The summed E-state index contributed by atoms with van der Waals surface area (Å²) in [6.07, 6.45) is 6.59. The van der Waals surface area contributed by atoms with Gasteiger partial charge in [-0.2, -0.15) is 0 Å². The van der Waals surface area contributed by atoms with Gasteiger partial charge in [-0.3, -0.25) is 4.79 Å². The average molecular weight is 270 g/mol. The van der Waals surface area contributed by atoms with Gasteiger partial charge in [0.2, 0.25) is 0 Å². The second-order valence-corrected chi connectivity index (χ2v) is 6.01. The Kier molecular flexibility index (Phi) is 6.12. The number of carbonyl (C=O) groups excluding carboxylic acids is 1. The van der Waals surface area contributed by atoms with Gasteiger partial charge in [0.1, 0.15) is 0 Å². The van der Waals surface area contributed by atoms with Crippen molar-refractivity contribution in [2.45, 2.75) is 52.4 Å². The summed E-state index contributed by atoms with van der Waals surface area (Å²) in [5, 5.41) is 14.3. The SMILES string of the molecule is CC(CCNC(=O)NCC1(C)CCCCC1)C(=O)O. The molecule has 1 unspecified atom stereocenters. The normalized spacial score (nSPS) is 19.5. The summed E-state index contributed by atoms with van der Waals surface area (Å²) in [5.74, 6) is -1.24. The summed E-state index contributed by atoms with van der Waals surface area (Å²) in [6, 6.07) is -0.190. The lowest BCUT2D eigenvalue weighted by Gasteiger charge is -2.33. The van der Waals surface area contributed by atoms with Crippen molar-refractivity contribution >= 4 is 12.0 Å². The molecule has 1 saturated carbocycles. The van der Waals surface area contributed by atoms with Crippen LogP contribution >= 0.6 is 0 Å². The van der Waals surface area contributed by atoms with Gasteiger partial charge in [0.05, 0.1) is 5.92 Å². The molecule has 1 aliphatic carbocycles. The lowest BCUT2D eigenvalue weighted by atomic mass is 9.76. The van der Waals surface area contributed by atoms with E-state index >= 15 is 0 Å². The standard InChI is InChI=1S/C14H26N2O3/c1-11(12(17)18)6-9-15-13(19)16-10-14(2)7-4-3-5-8-14/h11H,3-10H2,1-2H3,(H,17,18)(H2,15,16,19). The van der Waals surface area contributed by atoms with Crippen LogP contribution in [0.25, 0.3) is 0 Å². The smallest absolute Gasteiger partial charge is 0.314 e. The molecule has 5 nitrogen and oxygen atoms in total. The predicted octanol–water partition coefficient (Wildman–Crippen LogP) is 2.37. The third kappa shape index (κ3) is 5.94. The summed E-state index contributed by atoms with van der Waals surface area (Å²) < 4.78 is 0. The van der Waals surface area contributed by atoms with Gasteiger partial charge in [-0.15, -0.1) is 0 Å². The number of carboxylic acid groups (broad SMARTS) is 1. The van der Waals surface area contributed by atoms with Gasteiger partial charge < -0.3 is 15.7 Å². The van der Waals surface area contributed by atoms with Gasteiger partial charge in [0.15, 0.2) is 0 Å². The maximum atomic E-state index is 11.6. The lowest BCUT2D eigenvalue weighted by molar-refractivity contribution is -0.141. The summed E-state index contributed by atoms with van der Waals surface area (Å²) in [4.78, 5) is 22.2. The molecule has 1 atom stereocenters. The van der Waals surface area contributed by atoms with Gasteiger partial charge in [-0.05, 0) is 24.7 Å². The molecule has 0 heterocycles. The first-order chi connectivity index (χ1) is 8.93. The molecule has 1 rings (SSSR count). The molecule has 2 amide bonds. The van der Waals surface area contributed by atoms with E-state index in [0.717, 1.165) is 0 Å². The molecule has 1 aliphatic rings. The molecule has 0 aromatic heterocycles. The second kappa shape index (κ2) is 7.36. The van der Waals surface area contributed by atoms with Crippen LogP contribution in [0.15, 0.2) is 0 Å². The Bertz CT molecular complexity index is 312. The van der Waals surface area contributed by atoms with E-state index in [0.29, 0.717) is 19.5 Å². The highest BCUT2D eigenvalue weighted by molar-refractivity contribution is 5.74. The summed E-state index contributed by atoms with van der Waals surface area (Å²) >= 11 is 0. The predicted molar refractivity (Wildman–Crippen MR) is 74.0 cm³/mol. The van der Waals surface area contributed by atoms with Crippen molar-refractivity contribution in [1.29, 1.82) is 0 Å². The van der Waals surface area contributed by atoms with Crippen LogP contribution < -0.4 is 10.6 Å². The summed E-state index contributed by atoms with van der Waals surface area (Å²) in [7, 11) is 0. The minimum Gasteiger partial charge on any atom is -0.481 e. The first kappa shape index (κ1) is 15.8. The van der Waals surface area contributed by atoms with E-state index < -0.39 is 11.9 Å². The van der Waals surface area contributed by atoms with Crippen molar-refractivity contribution < 1.29 is 14.7 Å². The first-order valence-corrected chi connectivity index (χ1v) is 7.17. The number of carbonyl (C=O) groups is 2. The number of carboxylic acids is 1. The van der Waals surface area contributed by atoms with Crippen molar-refractivity contribution in [1.82, 2.24) is 10.6 Å². The number of nitrogens with one attached hydrogen (secondary N) is 2.